The summed E-state index contributed by atoms with van der Waals surface area (Å²) in [6, 6.07) is 7.99. The number of benzene rings is 1. The number of nitrogens with zero attached hydrogens (tertiary/aromatic N) is 1. The van der Waals surface area contributed by atoms with Gasteiger partial charge in [-0.25, -0.2) is 0 Å². The zero-order valence-corrected chi connectivity index (χ0v) is 17.9. The average Bonchev–Trinajstić information content (AvgIpc) is 2.53. The Morgan fingerprint density at radius 2 is 1.92 bits per heavy atom. The highest BCUT2D eigenvalue weighted by Gasteiger charge is 2.18. The molecule has 6 heteroatoms. The van der Waals surface area contributed by atoms with Gasteiger partial charge in [-0.15, -0.1) is 24.8 Å². The minimum absolute atomic E-state index is 0. The Labute approximate surface area is 171 Å². The molecule has 1 aromatic rings. The van der Waals surface area contributed by atoms with Crippen LogP contribution in [-0.2, 0) is 17.9 Å². The highest BCUT2D eigenvalue weighted by molar-refractivity contribution is 5.85. The third-order valence-electron chi connectivity index (χ3n) is 4.77. The molecule has 0 saturated carbocycles. The monoisotopic (exact) mass is 403 g/mol. The van der Waals surface area contributed by atoms with E-state index in [0.717, 1.165) is 18.9 Å². The molecule has 1 saturated heterocycles. The molecule has 2 rings (SSSR count). The van der Waals surface area contributed by atoms with Gasteiger partial charge in [0, 0.05) is 19.6 Å². The Balaban J connectivity index is 0.00000312. The SMILES string of the molecule is CC(C)C[C@H](N)C(=O)NCc1ccccc1CN1CCCC(C)C1.Cl.Cl. The van der Waals surface area contributed by atoms with Gasteiger partial charge in [0.15, 0.2) is 0 Å². The fraction of sp³-hybridized carbons (Fsp3) is 0.650. The fourth-order valence-electron chi connectivity index (χ4n) is 3.48. The van der Waals surface area contributed by atoms with Gasteiger partial charge >= 0.3 is 0 Å². The summed E-state index contributed by atoms with van der Waals surface area (Å²) in [4.78, 5) is 14.7. The lowest BCUT2D eigenvalue weighted by Gasteiger charge is -2.31. The number of likely N-dealkylation sites (tertiary alicyclic amines) is 1. The molecule has 0 radical (unpaired) electrons. The molecule has 1 aliphatic rings. The van der Waals surface area contributed by atoms with Crippen molar-refractivity contribution >= 4 is 30.7 Å². The molecule has 0 aliphatic carbocycles. The number of carbonyl (C=O) groups excluding carboxylic acids is 1. The van der Waals surface area contributed by atoms with Crippen LogP contribution in [0.25, 0.3) is 0 Å². The highest BCUT2D eigenvalue weighted by atomic mass is 35.5. The van der Waals surface area contributed by atoms with Crippen LogP contribution in [0.4, 0.5) is 0 Å². The number of amides is 1. The van der Waals surface area contributed by atoms with E-state index in [1.807, 2.05) is 6.07 Å². The van der Waals surface area contributed by atoms with Crippen LogP contribution in [0.1, 0.15) is 51.2 Å². The first-order valence-electron chi connectivity index (χ1n) is 9.28. The van der Waals surface area contributed by atoms with E-state index in [1.165, 1.54) is 37.1 Å². The molecule has 4 nitrogen and oxygen atoms in total. The minimum Gasteiger partial charge on any atom is -0.351 e. The molecule has 1 amide bonds. The molecular weight excluding hydrogens is 369 g/mol. The molecule has 1 aliphatic heterocycles. The van der Waals surface area contributed by atoms with Gasteiger partial charge in [0.1, 0.15) is 0 Å². The Kier molecular flexibility index (Phi) is 12.2. The second kappa shape index (κ2) is 12.6. The van der Waals surface area contributed by atoms with Gasteiger partial charge in [0.25, 0.3) is 0 Å². The number of hydrogen-bond acceptors (Lipinski definition) is 3. The lowest BCUT2D eigenvalue weighted by atomic mass is 9.99. The van der Waals surface area contributed by atoms with Gasteiger partial charge < -0.3 is 11.1 Å². The zero-order valence-electron chi connectivity index (χ0n) is 16.2. The van der Waals surface area contributed by atoms with E-state index in [0.29, 0.717) is 12.5 Å². The maximum atomic E-state index is 12.1. The number of hydrogen-bond donors (Lipinski definition) is 2. The van der Waals surface area contributed by atoms with Crippen LogP contribution in [0.2, 0.25) is 0 Å². The van der Waals surface area contributed by atoms with Crippen molar-refractivity contribution in [2.45, 2.75) is 59.2 Å². The van der Waals surface area contributed by atoms with E-state index in [2.05, 4.69) is 49.2 Å². The summed E-state index contributed by atoms with van der Waals surface area (Å²) in [7, 11) is 0. The number of piperidine rings is 1. The van der Waals surface area contributed by atoms with Crippen molar-refractivity contribution in [1.29, 1.82) is 0 Å². The van der Waals surface area contributed by atoms with E-state index >= 15 is 0 Å². The topological polar surface area (TPSA) is 58.4 Å². The van der Waals surface area contributed by atoms with E-state index < -0.39 is 6.04 Å². The van der Waals surface area contributed by atoms with E-state index in [4.69, 9.17) is 5.73 Å². The summed E-state index contributed by atoms with van der Waals surface area (Å²) >= 11 is 0. The standard InChI is InChI=1S/C20H33N3O.2ClH/c1-15(2)11-19(21)20(24)22-12-17-8-4-5-9-18(17)14-23-10-6-7-16(3)13-23;;/h4-5,8-9,15-16,19H,6-7,10-14,21H2,1-3H3,(H,22,24);2*1H/t16?,19-;;/m0../s1. The van der Waals surface area contributed by atoms with Crippen LogP contribution in [-0.4, -0.2) is 29.9 Å². The molecule has 0 spiro atoms. The van der Waals surface area contributed by atoms with Crippen molar-refractivity contribution in [1.82, 2.24) is 10.2 Å². The van der Waals surface area contributed by atoms with Gasteiger partial charge in [0.2, 0.25) is 5.91 Å². The lowest BCUT2D eigenvalue weighted by molar-refractivity contribution is -0.122. The first-order chi connectivity index (χ1) is 11.5. The van der Waals surface area contributed by atoms with Crippen molar-refractivity contribution in [3.05, 3.63) is 35.4 Å². The molecule has 1 aromatic carbocycles. The summed E-state index contributed by atoms with van der Waals surface area (Å²) in [5.41, 5.74) is 8.47. The molecule has 26 heavy (non-hydrogen) atoms. The summed E-state index contributed by atoms with van der Waals surface area (Å²) in [6.45, 7) is 10.4. The van der Waals surface area contributed by atoms with Crippen LogP contribution in [0, 0.1) is 11.8 Å². The van der Waals surface area contributed by atoms with Gasteiger partial charge in [-0.1, -0.05) is 45.0 Å². The number of halogens is 2. The van der Waals surface area contributed by atoms with Crippen LogP contribution < -0.4 is 11.1 Å². The van der Waals surface area contributed by atoms with Crippen LogP contribution in [0.3, 0.4) is 0 Å². The molecule has 0 aromatic heterocycles. The van der Waals surface area contributed by atoms with Crippen LogP contribution in [0.15, 0.2) is 24.3 Å². The smallest absolute Gasteiger partial charge is 0.237 e. The number of nitrogens with two attached hydrogens (primary N) is 1. The van der Waals surface area contributed by atoms with Crippen molar-refractivity contribution in [2.75, 3.05) is 13.1 Å². The van der Waals surface area contributed by atoms with Gasteiger partial charge in [0.05, 0.1) is 6.04 Å². The average molecular weight is 404 g/mol. The summed E-state index contributed by atoms with van der Waals surface area (Å²) in [5.74, 6) is 1.16. The molecule has 3 N–H and O–H groups in total. The van der Waals surface area contributed by atoms with Crippen LogP contribution >= 0.6 is 24.8 Å². The lowest BCUT2D eigenvalue weighted by Crippen LogP contribution is -2.41. The minimum atomic E-state index is -0.417. The predicted octanol–water partition coefficient (Wildman–Crippen LogP) is 3.75. The third kappa shape index (κ3) is 8.26. The Morgan fingerprint density at radius 1 is 1.27 bits per heavy atom. The first kappa shape index (κ1) is 25.2. The Hall–Kier alpha value is -0.810. The molecule has 2 atom stereocenters. The van der Waals surface area contributed by atoms with Gasteiger partial charge in [-0.3, -0.25) is 9.69 Å². The number of nitrogens with one attached hydrogen (secondary N) is 1. The fourth-order valence-corrected chi connectivity index (χ4v) is 3.48. The highest BCUT2D eigenvalue weighted by Crippen LogP contribution is 2.19. The van der Waals surface area contributed by atoms with E-state index in [1.54, 1.807) is 0 Å². The molecule has 1 unspecified atom stereocenters. The molecule has 0 bridgehead atoms. The quantitative estimate of drug-likeness (QED) is 0.728. The first-order valence-corrected chi connectivity index (χ1v) is 9.28. The van der Waals surface area contributed by atoms with E-state index in [9.17, 15) is 4.79 Å². The Bertz CT molecular complexity index is 540. The molecule has 1 fully saturated rings. The summed E-state index contributed by atoms with van der Waals surface area (Å²) < 4.78 is 0. The molecule has 1 heterocycles. The van der Waals surface area contributed by atoms with Crippen molar-refractivity contribution < 1.29 is 4.79 Å². The third-order valence-corrected chi connectivity index (χ3v) is 4.77. The number of rotatable bonds is 7. The second-order valence-corrected chi connectivity index (χ2v) is 7.71. The number of carbonyl (C=O) groups is 1. The largest absolute Gasteiger partial charge is 0.351 e. The summed E-state index contributed by atoms with van der Waals surface area (Å²) in [6.07, 6.45) is 3.34. The van der Waals surface area contributed by atoms with Crippen molar-refractivity contribution in [3.63, 3.8) is 0 Å². The van der Waals surface area contributed by atoms with Crippen molar-refractivity contribution in [3.8, 4) is 0 Å². The van der Waals surface area contributed by atoms with Gasteiger partial charge in [-0.2, -0.15) is 0 Å². The van der Waals surface area contributed by atoms with Crippen LogP contribution in [0.5, 0.6) is 0 Å². The Morgan fingerprint density at radius 3 is 2.54 bits per heavy atom. The zero-order chi connectivity index (χ0) is 17.5. The van der Waals surface area contributed by atoms with Gasteiger partial charge in [-0.05, 0) is 48.8 Å². The molecular formula is C20H35Cl2N3O. The predicted molar refractivity (Wildman–Crippen MR) is 114 cm³/mol. The molecule has 150 valence electrons. The van der Waals surface area contributed by atoms with E-state index in [-0.39, 0.29) is 30.7 Å². The second-order valence-electron chi connectivity index (χ2n) is 7.71. The summed E-state index contributed by atoms with van der Waals surface area (Å²) in [5, 5.41) is 3.01. The van der Waals surface area contributed by atoms with Crippen molar-refractivity contribution in [2.24, 2.45) is 17.6 Å². The maximum Gasteiger partial charge on any atom is 0.237 e. The maximum absolute atomic E-state index is 12.1. The normalized spacial score (nSPS) is 18.6.